The van der Waals surface area contributed by atoms with Crippen LogP contribution in [0.2, 0.25) is 0 Å². The third-order valence-electron chi connectivity index (χ3n) is 5.00. The molecular formula is C26H27NO5S. The second-order valence-electron chi connectivity index (χ2n) is 7.51. The van der Waals surface area contributed by atoms with Gasteiger partial charge in [-0.15, -0.1) is 0 Å². The van der Waals surface area contributed by atoms with E-state index in [-0.39, 0.29) is 18.0 Å². The molecular weight excluding hydrogens is 438 g/mol. The molecule has 0 unspecified atom stereocenters. The highest BCUT2D eigenvalue weighted by molar-refractivity contribution is 7.89. The summed E-state index contributed by atoms with van der Waals surface area (Å²) in [7, 11) is -2.31. The number of nitrogens with zero attached hydrogens (tertiary/aromatic N) is 1. The zero-order valence-corrected chi connectivity index (χ0v) is 19.7. The lowest BCUT2D eigenvalue weighted by Crippen LogP contribution is -2.26. The Balaban J connectivity index is 2.09. The van der Waals surface area contributed by atoms with E-state index in [1.54, 1.807) is 55.6 Å². The lowest BCUT2D eigenvalue weighted by atomic mass is 10.1. The average molecular weight is 466 g/mol. The first-order chi connectivity index (χ1) is 15.8. The summed E-state index contributed by atoms with van der Waals surface area (Å²) in [5.41, 5.74) is 3.05. The average Bonchev–Trinajstić information content (AvgIpc) is 2.82. The van der Waals surface area contributed by atoms with Crippen LogP contribution in [-0.4, -0.2) is 32.4 Å². The van der Waals surface area contributed by atoms with E-state index in [4.69, 9.17) is 9.47 Å². The molecule has 0 bridgehead atoms. The molecule has 0 heterocycles. The van der Waals surface area contributed by atoms with Crippen LogP contribution in [0.25, 0.3) is 5.57 Å². The fraction of sp³-hybridized carbons (Fsp3) is 0.192. The molecule has 0 fully saturated rings. The van der Waals surface area contributed by atoms with Crippen LogP contribution in [-0.2, 0) is 26.1 Å². The van der Waals surface area contributed by atoms with Crippen molar-refractivity contribution in [3.63, 3.8) is 0 Å². The van der Waals surface area contributed by atoms with E-state index in [1.165, 1.54) is 17.4 Å². The summed E-state index contributed by atoms with van der Waals surface area (Å²) < 4.78 is 39.0. The Kier molecular flexibility index (Phi) is 7.90. The van der Waals surface area contributed by atoms with Crippen molar-refractivity contribution in [3.05, 3.63) is 102 Å². The quantitative estimate of drug-likeness (QED) is 0.425. The van der Waals surface area contributed by atoms with Gasteiger partial charge in [-0.05, 0) is 42.3 Å². The van der Waals surface area contributed by atoms with Crippen LogP contribution >= 0.6 is 0 Å². The first-order valence-electron chi connectivity index (χ1n) is 10.4. The minimum Gasteiger partial charge on any atom is -0.497 e. The minimum absolute atomic E-state index is 0.0730. The summed E-state index contributed by atoms with van der Waals surface area (Å²) in [5, 5.41) is 0. The maximum absolute atomic E-state index is 13.6. The maximum atomic E-state index is 13.6. The largest absolute Gasteiger partial charge is 0.497 e. The number of carbonyl (C=O) groups is 1. The Morgan fingerprint density at radius 3 is 2.15 bits per heavy atom. The van der Waals surface area contributed by atoms with Crippen molar-refractivity contribution in [1.82, 2.24) is 4.31 Å². The molecule has 0 aliphatic carbocycles. The fourth-order valence-electron chi connectivity index (χ4n) is 3.16. The third kappa shape index (κ3) is 6.46. The van der Waals surface area contributed by atoms with Gasteiger partial charge in [-0.25, -0.2) is 8.42 Å². The number of hydrogen-bond acceptors (Lipinski definition) is 5. The lowest BCUT2D eigenvalue weighted by molar-refractivity contribution is -0.139. The van der Waals surface area contributed by atoms with Crippen molar-refractivity contribution in [2.24, 2.45) is 0 Å². The Morgan fingerprint density at radius 1 is 0.939 bits per heavy atom. The van der Waals surface area contributed by atoms with Gasteiger partial charge in [0.05, 0.1) is 18.6 Å². The van der Waals surface area contributed by atoms with E-state index >= 15 is 0 Å². The SMILES string of the molecule is COc1ccc(/C(=C/N(Cc2ccccc2)S(=O)(=O)c2ccc(C)cc2)COC(C)=O)cc1. The van der Waals surface area contributed by atoms with E-state index in [9.17, 15) is 13.2 Å². The molecule has 0 aliphatic heterocycles. The van der Waals surface area contributed by atoms with Crippen molar-refractivity contribution in [2.75, 3.05) is 13.7 Å². The Bertz CT molecular complexity index is 1200. The van der Waals surface area contributed by atoms with E-state index in [1.807, 2.05) is 37.3 Å². The van der Waals surface area contributed by atoms with Gasteiger partial charge in [0.15, 0.2) is 0 Å². The van der Waals surface area contributed by atoms with E-state index in [0.29, 0.717) is 16.9 Å². The molecule has 0 spiro atoms. The van der Waals surface area contributed by atoms with Crippen LogP contribution in [0.4, 0.5) is 0 Å². The predicted molar refractivity (Wildman–Crippen MR) is 128 cm³/mol. The minimum atomic E-state index is -3.88. The topological polar surface area (TPSA) is 72.9 Å². The second kappa shape index (κ2) is 10.8. The van der Waals surface area contributed by atoms with Gasteiger partial charge >= 0.3 is 5.97 Å². The fourth-order valence-corrected chi connectivity index (χ4v) is 4.50. The molecule has 0 saturated heterocycles. The van der Waals surface area contributed by atoms with Gasteiger partial charge in [-0.2, -0.15) is 0 Å². The standard InChI is InChI=1S/C26H27NO5S/c1-20-9-15-26(16-10-20)33(29,30)27(17-22-7-5-4-6-8-22)18-24(19-32-21(2)28)23-11-13-25(31-3)14-12-23/h4-16,18H,17,19H2,1-3H3/b24-18+. The van der Waals surface area contributed by atoms with E-state index in [2.05, 4.69) is 0 Å². The molecule has 0 atom stereocenters. The van der Waals surface area contributed by atoms with Gasteiger partial charge in [0, 0.05) is 18.7 Å². The van der Waals surface area contributed by atoms with Crippen LogP contribution in [0.5, 0.6) is 5.75 Å². The first kappa shape index (κ1) is 24.1. The van der Waals surface area contributed by atoms with Crippen molar-refractivity contribution < 1.29 is 22.7 Å². The van der Waals surface area contributed by atoms with Crippen molar-refractivity contribution in [3.8, 4) is 5.75 Å². The summed E-state index contributed by atoms with van der Waals surface area (Å²) in [6.07, 6.45) is 1.53. The van der Waals surface area contributed by atoms with Gasteiger partial charge in [0.1, 0.15) is 12.4 Å². The van der Waals surface area contributed by atoms with Gasteiger partial charge in [0.2, 0.25) is 0 Å². The molecule has 3 aromatic carbocycles. The molecule has 0 N–H and O–H groups in total. The molecule has 0 radical (unpaired) electrons. The van der Waals surface area contributed by atoms with Crippen molar-refractivity contribution >= 4 is 21.6 Å². The number of ether oxygens (including phenoxy) is 2. The number of sulfonamides is 1. The molecule has 0 aliphatic rings. The number of benzene rings is 3. The van der Waals surface area contributed by atoms with Gasteiger partial charge < -0.3 is 9.47 Å². The van der Waals surface area contributed by atoms with Gasteiger partial charge in [-0.3, -0.25) is 9.10 Å². The number of aryl methyl sites for hydroxylation is 1. The highest BCUT2D eigenvalue weighted by Crippen LogP contribution is 2.25. The highest BCUT2D eigenvalue weighted by Gasteiger charge is 2.23. The molecule has 0 amide bonds. The van der Waals surface area contributed by atoms with Crippen LogP contribution in [0, 0.1) is 6.92 Å². The zero-order chi connectivity index (χ0) is 23.8. The van der Waals surface area contributed by atoms with E-state index in [0.717, 1.165) is 11.1 Å². The molecule has 172 valence electrons. The Morgan fingerprint density at radius 2 is 1.58 bits per heavy atom. The number of rotatable bonds is 9. The Labute approximate surface area is 195 Å². The summed E-state index contributed by atoms with van der Waals surface area (Å²) in [5.74, 6) is 0.212. The number of esters is 1. The smallest absolute Gasteiger partial charge is 0.302 e. The molecule has 6 nitrogen and oxygen atoms in total. The van der Waals surface area contributed by atoms with Gasteiger partial charge in [-0.1, -0.05) is 60.2 Å². The highest BCUT2D eigenvalue weighted by atomic mass is 32.2. The van der Waals surface area contributed by atoms with Crippen molar-refractivity contribution in [1.29, 1.82) is 0 Å². The van der Waals surface area contributed by atoms with Crippen LogP contribution < -0.4 is 4.74 Å². The Hall–Kier alpha value is -3.58. The third-order valence-corrected chi connectivity index (χ3v) is 6.72. The van der Waals surface area contributed by atoms with Crippen LogP contribution in [0.3, 0.4) is 0 Å². The number of methoxy groups -OCH3 is 1. The molecule has 33 heavy (non-hydrogen) atoms. The molecule has 0 saturated carbocycles. The summed E-state index contributed by atoms with van der Waals surface area (Å²) in [4.78, 5) is 11.7. The monoisotopic (exact) mass is 465 g/mol. The summed E-state index contributed by atoms with van der Waals surface area (Å²) in [6, 6.07) is 23.2. The number of carbonyl (C=O) groups excluding carboxylic acids is 1. The molecule has 0 aromatic heterocycles. The first-order valence-corrected chi connectivity index (χ1v) is 11.8. The zero-order valence-electron chi connectivity index (χ0n) is 18.9. The second-order valence-corrected chi connectivity index (χ2v) is 9.40. The summed E-state index contributed by atoms with van der Waals surface area (Å²) in [6.45, 7) is 3.27. The lowest BCUT2D eigenvalue weighted by Gasteiger charge is -2.23. The van der Waals surface area contributed by atoms with E-state index < -0.39 is 16.0 Å². The van der Waals surface area contributed by atoms with Gasteiger partial charge in [0.25, 0.3) is 10.0 Å². The van der Waals surface area contributed by atoms with Crippen LogP contribution in [0.15, 0.2) is 90.0 Å². The molecule has 3 rings (SSSR count). The normalized spacial score (nSPS) is 11.7. The molecule has 3 aromatic rings. The van der Waals surface area contributed by atoms with Crippen LogP contribution in [0.1, 0.15) is 23.6 Å². The predicted octanol–water partition coefficient (Wildman–Crippen LogP) is 4.80. The maximum Gasteiger partial charge on any atom is 0.302 e. The van der Waals surface area contributed by atoms with Crippen molar-refractivity contribution in [2.45, 2.75) is 25.3 Å². The summed E-state index contributed by atoms with van der Waals surface area (Å²) >= 11 is 0. The molecule has 7 heteroatoms. The number of hydrogen-bond donors (Lipinski definition) is 0.